The van der Waals surface area contributed by atoms with Gasteiger partial charge in [-0.25, -0.2) is 18.4 Å². The van der Waals surface area contributed by atoms with Gasteiger partial charge in [0.2, 0.25) is 5.95 Å². The predicted molar refractivity (Wildman–Crippen MR) is 113 cm³/mol. The fourth-order valence-electron chi connectivity index (χ4n) is 2.60. The zero-order valence-corrected chi connectivity index (χ0v) is 16.8. The first-order chi connectivity index (χ1) is 13.4. The molecule has 2 N–H and O–H groups in total. The normalized spacial score (nSPS) is 11.5. The van der Waals surface area contributed by atoms with Crippen molar-refractivity contribution in [2.75, 3.05) is 16.9 Å². The van der Waals surface area contributed by atoms with E-state index >= 15 is 0 Å². The number of nitrogens with one attached hydrogen (secondary N) is 2. The van der Waals surface area contributed by atoms with Gasteiger partial charge in [0, 0.05) is 18.1 Å². The van der Waals surface area contributed by atoms with Crippen molar-refractivity contribution in [3.63, 3.8) is 0 Å². The fourth-order valence-corrected chi connectivity index (χ4v) is 4.20. The van der Waals surface area contributed by atoms with Gasteiger partial charge in [-0.15, -0.1) is 0 Å². The van der Waals surface area contributed by atoms with E-state index in [0.29, 0.717) is 17.5 Å². The highest BCUT2D eigenvalue weighted by atomic mass is 32.2. The van der Waals surface area contributed by atoms with E-state index in [-0.39, 0.29) is 4.90 Å². The Labute approximate surface area is 166 Å². The van der Waals surface area contributed by atoms with Gasteiger partial charge in [0.15, 0.2) is 15.0 Å². The summed E-state index contributed by atoms with van der Waals surface area (Å²) >= 11 is 1.56. The maximum Gasteiger partial charge on any atom is 0.229 e. The van der Waals surface area contributed by atoms with Gasteiger partial charge in [-0.05, 0) is 55.0 Å². The summed E-state index contributed by atoms with van der Waals surface area (Å²) in [6, 6.07) is 14.3. The lowest BCUT2D eigenvalue weighted by atomic mass is 10.2. The maximum atomic E-state index is 11.5. The summed E-state index contributed by atoms with van der Waals surface area (Å²) in [5.74, 6) is 1.01. The quantitative estimate of drug-likeness (QED) is 0.506. The molecule has 4 rings (SSSR count). The number of aryl methyl sites for hydroxylation is 1. The maximum absolute atomic E-state index is 11.5. The zero-order valence-electron chi connectivity index (χ0n) is 15.2. The molecule has 2 heterocycles. The van der Waals surface area contributed by atoms with E-state index in [1.165, 1.54) is 11.8 Å². The molecule has 0 bridgehead atoms. The molecule has 2 aromatic carbocycles. The Kier molecular flexibility index (Phi) is 4.70. The highest BCUT2D eigenvalue weighted by Crippen LogP contribution is 2.28. The fraction of sp³-hybridized carbons (Fsp3) is 0.105. The number of hydrogen-bond acceptors (Lipinski definition) is 8. The van der Waals surface area contributed by atoms with Crippen molar-refractivity contribution in [1.82, 2.24) is 15.0 Å². The van der Waals surface area contributed by atoms with Gasteiger partial charge in [0.05, 0.1) is 15.1 Å². The van der Waals surface area contributed by atoms with Crippen molar-refractivity contribution in [2.24, 2.45) is 0 Å². The van der Waals surface area contributed by atoms with Crippen LogP contribution in [0.4, 0.5) is 22.6 Å². The predicted octanol–water partition coefficient (Wildman–Crippen LogP) is 4.29. The van der Waals surface area contributed by atoms with Crippen LogP contribution in [0.3, 0.4) is 0 Å². The highest BCUT2D eigenvalue weighted by Gasteiger charge is 2.08. The number of aromatic nitrogens is 3. The minimum Gasteiger partial charge on any atom is -0.324 e. The monoisotopic (exact) mass is 411 g/mol. The van der Waals surface area contributed by atoms with E-state index in [0.717, 1.165) is 15.3 Å². The topological polar surface area (TPSA) is 96.9 Å². The molecular weight excluding hydrogens is 394 g/mol. The first-order valence-electron chi connectivity index (χ1n) is 8.41. The first-order valence-corrected chi connectivity index (χ1v) is 11.1. The van der Waals surface area contributed by atoms with Crippen molar-refractivity contribution in [2.45, 2.75) is 11.8 Å². The lowest BCUT2D eigenvalue weighted by Gasteiger charge is -2.07. The molecule has 9 heteroatoms. The highest BCUT2D eigenvalue weighted by molar-refractivity contribution is 7.90. The summed E-state index contributed by atoms with van der Waals surface area (Å²) in [7, 11) is -3.22. The van der Waals surface area contributed by atoms with Crippen molar-refractivity contribution >= 4 is 54.0 Å². The summed E-state index contributed by atoms with van der Waals surface area (Å²) in [5.41, 5.74) is 2.83. The molecule has 4 aromatic rings. The number of nitrogens with zero attached hydrogens (tertiary/aromatic N) is 3. The number of hydrogen-bond donors (Lipinski definition) is 2. The van der Waals surface area contributed by atoms with Crippen molar-refractivity contribution < 1.29 is 8.42 Å². The van der Waals surface area contributed by atoms with Crippen molar-refractivity contribution in [1.29, 1.82) is 0 Å². The van der Waals surface area contributed by atoms with Crippen LogP contribution in [-0.2, 0) is 9.84 Å². The SMILES string of the molecule is Cc1ccc2nc(Nc3ccnc(Nc4ccc(S(C)(=O)=O)cc4)n3)sc2c1. The van der Waals surface area contributed by atoms with Gasteiger partial charge < -0.3 is 10.6 Å². The second-order valence-electron chi connectivity index (χ2n) is 6.30. The van der Waals surface area contributed by atoms with Gasteiger partial charge >= 0.3 is 0 Å². The lowest BCUT2D eigenvalue weighted by molar-refractivity contribution is 0.602. The van der Waals surface area contributed by atoms with Gasteiger partial charge in [0.25, 0.3) is 0 Å². The zero-order chi connectivity index (χ0) is 19.7. The summed E-state index contributed by atoms with van der Waals surface area (Å²) in [4.78, 5) is 13.5. The van der Waals surface area contributed by atoms with Crippen LogP contribution in [0.1, 0.15) is 5.56 Å². The third kappa shape index (κ3) is 4.10. The smallest absolute Gasteiger partial charge is 0.229 e. The van der Waals surface area contributed by atoms with E-state index in [9.17, 15) is 8.42 Å². The summed E-state index contributed by atoms with van der Waals surface area (Å²) in [5, 5.41) is 7.03. The number of anilines is 4. The van der Waals surface area contributed by atoms with Crippen molar-refractivity contribution in [3.8, 4) is 0 Å². The van der Waals surface area contributed by atoms with E-state index in [1.54, 1.807) is 47.9 Å². The van der Waals surface area contributed by atoms with Gasteiger partial charge in [0.1, 0.15) is 5.82 Å². The molecule has 142 valence electrons. The molecule has 0 aliphatic rings. The molecule has 28 heavy (non-hydrogen) atoms. The largest absolute Gasteiger partial charge is 0.324 e. The van der Waals surface area contributed by atoms with E-state index in [4.69, 9.17) is 0 Å². The molecular formula is C19H17N5O2S2. The van der Waals surface area contributed by atoms with E-state index < -0.39 is 9.84 Å². The summed E-state index contributed by atoms with van der Waals surface area (Å²) < 4.78 is 24.2. The van der Waals surface area contributed by atoms with Crippen LogP contribution in [0.2, 0.25) is 0 Å². The molecule has 0 saturated heterocycles. The Balaban J connectivity index is 1.52. The molecule has 0 fully saturated rings. The van der Waals surface area contributed by atoms with Crippen molar-refractivity contribution in [3.05, 3.63) is 60.3 Å². The Morgan fingerprint density at radius 2 is 1.75 bits per heavy atom. The summed E-state index contributed by atoms with van der Waals surface area (Å²) in [6.07, 6.45) is 2.82. The van der Waals surface area contributed by atoms with Gasteiger partial charge in [-0.2, -0.15) is 4.98 Å². The second kappa shape index (κ2) is 7.17. The molecule has 0 saturated carbocycles. The Bertz CT molecular complexity index is 1250. The molecule has 0 aliphatic carbocycles. The number of rotatable bonds is 5. The molecule has 0 atom stereocenters. The van der Waals surface area contributed by atoms with Crippen LogP contribution in [0, 0.1) is 6.92 Å². The van der Waals surface area contributed by atoms with Gasteiger partial charge in [-0.3, -0.25) is 0 Å². The van der Waals surface area contributed by atoms with Crippen LogP contribution in [0.5, 0.6) is 0 Å². The second-order valence-corrected chi connectivity index (χ2v) is 9.35. The molecule has 0 radical (unpaired) electrons. The van der Waals surface area contributed by atoms with E-state index in [2.05, 4.69) is 38.6 Å². The van der Waals surface area contributed by atoms with Crippen LogP contribution in [0.25, 0.3) is 10.2 Å². The molecule has 0 amide bonds. The Hall–Kier alpha value is -3.04. The van der Waals surface area contributed by atoms with Gasteiger partial charge in [-0.1, -0.05) is 17.4 Å². The average Bonchev–Trinajstić information content (AvgIpc) is 3.03. The third-order valence-corrected chi connectivity index (χ3v) is 6.04. The lowest BCUT2D eigenvalue weighted by Crippen LogP contribution is -2.01. The Morgan fingerprint density at radius 3 is 2.50 bits per heavy atom. The van der Waals surface area contributed by atoms with Crippen LogP contribution in [-0.4, -0.2) is 29.6 Å². The standard InChI is InChI=1S/C19H17N5O2S2/c1-12-3-8-15-16(11-12)27-19(22-15)24-17-9-10-20-18(23-17)21-13-4-6-14(7-5-13)28(2,25)26/h3-11H,1-2H3,(H2,20,21,22,23,24). The van der Waals surface area contributed by atoms with Crippen LogP contribution >= 0.6 is 11.3 Å². The summed E-state index contributed by atoms with van der Waals surface area (Å²) in [6.45, 7) is 2.05. The minimum atomic E-state index is -3.22. The average molecular weight is 412 g/mol. The van der Waals surface area contributed by atoms with Crippen LogP contribution < -0.4 is 10.6 Å². The van der Waals surface area contributed by atoms with E-state index in [1.807, 2.05) is 12.1 Å². The Morgan fingerprint density at radius 1 is 0.964 bits per heavy atom. The molecule has 7 nitrogen and oxygen atoms in total. The van der Waals surface area contributed by atoms with Crippen LogP contribution in [0.15, 0.2) is 59.6 Å². The number of benzene rings is 2. The minimum absolute atomic E-state index is 0.264. The molecule has 2 aromatic heterocycles. The first kappa shape index (κ1) is 18.3. The number of thiazole rings is 1. The molecule has 0 spiro atoms. The number of fused-ring (bicyclic) bond motifs is 1. The number of sulfone groups is 1. The molecule has 0 aliphatic heterocycles. The third-order valence-electron chi connectivity index (χ3n) is 3.97. The molecule has 0 unspecified atom stereocenters.